The molecule has 0 amide bonds. The zero-order chi connectivity index (χ0) is 23.3. The molecule has 0 heteroatoms. The summed E-state index contributed by atoms with van der Waals surface area (Å²) < 4.78 is 0. The van der Waals surface area contributed by atoms with Crippen LogP contribution < -0.4 is 0 Å². The average Bonchev–Trinajstić information content (AvgIpc) is 3.11. The van der Waals surface area contributed by atoms with Gasteiger partial charge < -0.3 is 0 Å². The maximum absolute atomic E-state index is 2.30. The van der Waals surface area contributed by atoms with Crippen LogP contribution in [-0.2, 0) is 5.41 Å². The van der Waals surface area contributed by atoms with E-state index in [0.717, 1.165) is 0 Å². The van der Waals surface area contributed by atoms with Crippen molar-refractivity contribution in [1.82, 2.24) is 0 Å². The van der Waals surface area contributed by atoms with Gasteiger partial charge in [-0.15, -0.1) is 0 Å². The molecule has 0 N–H and O–H groups in total. The van der Waals surface area contributed by atoms with Gasteiger partial charge >= 0.3 is 0 Å². The predicted molar refractivity (Wildman–Crippen MR) is 142 cm³/mol. The Kier molecular flexibility index (Phi) is 11.4. The first kappa shape index (κ1) is 26.2. The molecule has 0 heterocycles. The van der Waals surface area contributed by atoms with Gasteiger partial charge in [-0.2, -0.15) is 0 Å². The molecule has 0 bridgehead atoms. The largest absolute Gasteiger partial charge is 0.0683 e. The number of fused-ring (bicyclic) bond motifs is 4. The Bertz CT molecular complexity index is 912. The maximum Gasteiger partial charge on any atom is 0.0158 e. The van der Waals surface area contributed by atoms with Crippen LogP contribution in [0.15, 0.2) is 97.1 Å². The van der Waals surface area contributed by atoms with Gasteiger partial charge in [0.25, 0.3) is 0 Å². The van der Waals surface area contributed by atoms with E-state index in [2.05, 4.69) is 111 Å². The van der Waals surface area contributed by atoms with E-state index in [1.54, 1.807) is 0 Å². The smallest absolute Gasteiger partial charge is 0.0158 e. The van der Waals surface area contributed by atoms with Gasteiger partial charge in [-0.05, 0) is 33.0 Å². The molecule has 0 saturated heterocycles. The van der Waals surface area contributed by atoms with Crippen LogP contribution in [0.2, 0.25) is 0 Å². The van der Waals surface area contributed by atoms with Gasteiger partial charge in [0, 0.05) is 5.41 Å². The normalized spacial score (nSPS) is 11.5. The number of hydrogen-bond donors (Lipinski definition) is 0. The minimum Gasteiger partial charge on any atom is -0.0683 e. The predicted octanol–water partition coefficient (Wildman–Crippen LogP) is 9.91. The van der Waals surface area contributed by atoms with E-state index in [9.17, 15) is 0 Å². The fraction of sp³-hybridized carbons (Fsp3) is 0.290. The first-order valence-corrected chi connectivity index (χ1v) is 11.8. The zero-order valence-electron chi connectivity index (χ0n) is 20.7. The number of benzene rings is 4. The molecule has 31 heavy (non-hydrogen) atoms. The standard InChI is InChI=1S/C15H14.C10H8.3C2H6/c1-15(2)13-9-5-3-7-11(13)12-8-4-6-10-14(12)15;1-2-6-10-8-4-3-7-9(10)5-1;3*1-2/h3-10H,1-2H3;1-8H;3*1-2H3. The van der Waals surface area contributed by atoms with E-state index in [1.807, 2.05) is 41.5 Å². The highest BCUT2D eigenvalue weighted by Crippen LogP contribution is 2.47. The van der Waals surface area contributed by atoms with Crippen molar-refractivity contribution in [3.8, 4) is 11.1 Å². The topological polar surface area (TPSA) is 0 Å². The molecular formula is C31H40. The Balaban J connectivity index is 0.000000262. The molecule has 0 aliphatic heterocycles. The highest BCUT2D eigenvalue weighted by Gasteiger charge is 2.34. The van der Waals surface area contributed by atoms with E-state index in [4.69, 9.17) is 0 Å². The third-order valence-corrected chi connectivity index (χ3v) is 5.15. The van der Waals surface area contributed by atoms with E-state index in [-0.39, 0.29) is 5.41 Å². The lowest BCUT2D eigenvalue weighted by Gasteiger charge is -2.20. The Morgan fingerprint density at radius 3 is 0.968 bits per heavy atom. The summed E-state index contributed by atoms with van der Waals surface area (Å²) in [6.07, 6.45) is 0. The van der Waals surface area contributed by atoms with Gasteiger partial charge in [-0.25, -0.2) is 0 Å². The first-order valence-electron chi connectivity index (χ1n) is 11.8. The summed E-state index contributed by atoms with van der Waals surface area (Å²) in [6, 6.07) is 34.2. The SMILES string of the molecule is CC.CC.CC.CC1(C)c2ccccc2-c2ccccc21.c1ccc2ccccc2c1. The lowest BCUT2D eigenvalue weighted by atomic mass is 9.82. The maximum atomic E-state index is 2.30. The fourth-order valence-corrected chi connectivity index (χ4v) is 3.80. The molecule has 0 spiro atoms. The van der Waals surface area contributed by atoms with Crippen molar-refractivity contribution in [3.05, 3.63) is 108 Å². The van der Waals surface area contributed by atoms with E-state index >= 15 is 0 Å². The minimum atomic E-state index is 0.160. The van der Waals surface area contributed by atoms with Crippen molar-refractivity contribution < 1.29 is 0 Å². The van der Waals surface area contributed by atoms with Crippen LogP contribution in [0, 0.1) is 0 Å². The molecule has 0 aromatic heterocycles. The van der Waals surface area contributed by atoms with Gasteiger partial charge in [-0.3, -0.25) is 0 Å². The summed E-state index contributed by atoms with van der Waals surface area (Å²) in [5, 5.41) is 2.62. The van der Waals surface area contributed by atoms with Crippen LogP contribution in [0.3, 0.4) is 0 Å². The molecule has 0 radical (unpaired) electrons. The molecule has 0 nitrogen and oxygen atoms in total. The molecular weight excluding hydrogens is 372 g/mol. The van der Waals surface area contributed by atoms with Crippen molar-refractivity contribution in [3.63, 3.8) is 0 Å². The average molecular weight is 413 g/mol. The Labute approximate surface area is 191 Å². The first-order chi connectivity index (χ1) is 15.2. The van der Waals surface area contributed by atoms with Gasteiger partial charge in [-0.1, -0.05) is 152 Å². The summed E-state index contributed by atoms with van der Waals surface area (Å²) in [7, 11) is 0. The number of hydrogen-bond acceptors (Lipinski definition) is 0. The van der Waals surface area contributed by atoms with Crippen molar-refractivity contribution in [2.45, 2.75) is 60.8 Å². The summed E-state index contributed by atoms with van der Waals surface area (Å²) in [5.74, 6) is 0. The molecule has 0 fully saturated rings. The molecule has 4 aromatic carbocycles. The summed E-state index contributed by atoms with van der Waals surface area (Å²) in [5.41, 5.74) is 5.86. The van der Waals surface area contributed by atoms with E-state index in [1.165, 1.54) is 33.0 Å². The van der Waals surface area contributed by atoms with Crippen LogP contribution in [0.1, 0.15) is 66.5 Å². The Hall–Kier alpha value is -2.86. The minimum absolute atomic E-state index is 0.160. The van der Waals surface area contributed by atoms with Gasteiger partial charge in [0.05, 0.1) is 0 Å². The van der Waals surface area contributed by atoms with Crippen LogP contribution in [-0.4, -0.2) is 0 Å². The van der Waals surface area contributed by atoms with Crippen LogP contribution in [0.4, 0.5) is 0 Å². The van der Waals surface area contributed by atoms with Gasteiger partial charge in [0.1, 0.15) is 0 Å². The van der Waals surface area contributed by atoms with Crippen LogP contribution in [0.5, 0.6) is 0 Å². The van der Waals surface area contributed by atoms with Gasteiger partial charge in [0.2, 0.25) is 0 Å². The Morgan fingerprint density at radius 1 is 0.387 bits per heavy atom. The molecule has 164 valence electrons. The van der Waals surface area contributed by atoms with Crippen LogP contribution in [0.25, 0.3) is 21.9 Å². The number of rotatable bonds is 0. The monoisotopic (exact) mass is 412 g/mol. The molecule has 5 rings (SSSR count). The second-order valence-corrected chi connectivity index (χ2v) is 7.06. The molecule has 1 aliphatic rings. The van der Waals surface area contributed by atoms with Gasteiger partial charge in [0.15, 0.2) is 0 Å². The second kappa shape index (κ2) is 13.4. The Morgan fingerprint density at radius 2 is 0.645 bits per heavy atom. The van der Waals surface area contributed by atoms with Crippen molar-refractivity contribution in [2.75, 3.05) is 0 Å². The molecule has 4 aromatic rings. The lowest BCUT2D eigenvalue weighted by molar-refractivity contribution is 0.660. The second-order valence-electron chi connectivity index (χ2n) is 7.06. The quantitative estimate of drug-likeness (QED) is 0.269. The summed E-state index contributed by atoms with van der Waals surface area (Å²) >= 11 is 0. The summed E-state index contributed by atoms with van der Waals surface area (Å²) in [6.45, 7) is 16.6. The molecule has 0 atom stereocenters. The highest BCUT2D eigenvalue weighted by atomic mass is 14.4. The molecule has 0 saturated carbocycles. The van der Waals surface area contributed by atoms with E-state index in [0.29, 0.717) is 0 Å². The summed E-state index contributed by atoms with van der Waals surface area (Å²) in [4.78, 5) is 0. The van der Waals surface area contributed by atoms with Crippen molar-refractivity contribution >= 4 is 10.8 Å². The van der Waals surface area contributed by atoms with E-state index < -0.39 is 0 Å². The third kappa shape index (κ3) is 6.07. The molecule has 0 unspecified atom stereocenters. The van der Waals surface area contributed by atoms with Crippen molar-refractivity contribution in [1.29, 1.82) is 0 Å². The molecule has 1 aliphatic carbocycles. The lowest BCUT2D eigenvalue weighted by Crippen LogP contribution is -2.14. The van der Waals surface area contributed by atoms with Crippen LogP contribution >= 0.6 is 0 Å². The third-order valence-electron chi connectivity index (χ3n) is 5.15. The fourth-order valence-electron chi connectivity index (χ4n) is 3.80. The van der Waals surface area contributed by atoms with Crippen molar-refractivity contribution in [2.24, 2.45) is 0 Å². The zero-order valence-corrected chi connectivity index (χ0v) is 20.7. The highest BCUT2D eigenvalue weighted by molar-refractivity contribution is 5.82.